The van der Waals surface area contributed by atoms with Gasteiger partial charge in [0.05, 0.1) is 12.1 Å². The first-order valence-electron chi connectivity index (χ1n) is 12.5. The van der Waals surface area contributed by atoms with Crippen molar-refractivity contribution in [3.8, 4) is 0 Å². The number of carboxylic acid groups (broad SMARTS) is 1. The first-order valence-corrected chi connectivity index (χ1v) is 12.5. The van der Waals surface area contributed by atoms with Crippen LogP contribution in [0.3, 0.4) is 0 Å². The molecule has 0 rings (SSSR count). The fourth-order valence-electron chi connectivity index (χ4n) is 3.37. The lowest BCUT2D eigenvalue weighted by molar-refractivity contribution is -0.145. The summed E-state index contributed by atoms with van der Waals surface area (Å²) in [6.45, 7) is 2.25. The lowest BCUT2D eigenvalue weighted by Crippen LogP contribution is -2.58. The van der Waals surface area contributed by atoms with Crippen LogP contribution in [-0.4, -0.2) is 89.8 Å². The van der Waals surface area contributed by atoms with Crippen molar-refractivity contribution in [2.24, 2.45) is 33.7 Å². The third-order valence-corrected chi connectivity index (χ3v) is 5.51. The van der Waals surface area contributed by atoms with Gasteiger partial charge in [-0.3, -0.25) is 19.4 Å². The van der Waals surface area contributed by atoms with E-state index in [-0.39, 0.29) is 31.8 Å². The number of aliphatic imine (C=N–C) groups is 1. The molecule has 3 amide bonds. The van der Waals surface area contributed by atoms with Gasteiger partial charge in [0.1, 0.15) is 12.1 Å². The number of rotatable bonds is 20. The van der Waals surface area contributed by atoms with Gasteiger partial charge in [-0.1, -0.05) is 6.42 Å². The van der Waals surface area contributed by atoms with Crippen LogP contribution in [0.25, 0.3) is 0 Å². The minimum absolute atomic E-state index is 0.0581. The van der Waals surface area contributed by atoms with Crippen LogP contribution in [-0.2, 0) is 19.2 Å². The van der Waals surface area contributed by atoms with Gasteiger partial charge in [0.25, 0.3) is 0 Å². The first-order chi connectivity index (χ1) is 17.4. The van der Waals surface area contributed by atoms with Gasteiger partial charge >= 0.3 is 5.97 Å². The lowest BCUT2D eigenvalue weighted by Gasteiger charge is -2.26. The molecule has 0 aromatic carbocycles. The van der Waals surface area contributed by atoms with Crippen LogP contribution < -0.4 is 44.6 Å². The van der Waals surface area contributed by atoms with Crippen LogP contribution in [0.4, 0.5) is 0 Å². The number of aliphatic hydroxyl groups excluding tert-OH is 1. The number of nitrogens with two attached hydrogens (primary N) is 5. The molecule has 15 heteroatoms. The number of nitrogens with zero attached hydrogens (tertiary/aromatic N) is 1. The molecule has 0 aliphatic rings. The molecule has 5 atom stereocenters. The summed E-state index contributed by atoms with van der Waals surface area (Å²) >= 11 is 0. The molecule has 0 heterocycles. The molecule has 0 bridgehead atoms. The van der Waals surface area contributed by atoms with Crippen molar-refractivity contribution >= 4 is 29.7 Å². The molecule has 0 aliphatic carbocycles. The summed E-state index contributed by atoms with van der Waals surface area (Å²) in [5.41, 5.74) is 27.6. The molecular weight excluding hydrogens is 486 g/mol. The van der Waals surface area contributed by atoms with Gasteiger partial charge in [-0.05, 0) is 65.0 Å². The van der Waals surface area contributed by atoms with Gasteiger partial charge in [0.15, 0.2) is 12.0 Å². The molecule has 0 saturated carbocycles. The van der Waals surface area contributed by atoms with Crippen LogP contribution in [0.5, 0.6) is 0 Å². The van der Waals surface area contributed by atoms with Gasteiger partial charge in [0.2, 0.25) is 17.7 Å². The third kappa shape index (κ3) is 15.0. The average Bonchev–Trinajstić information content (AvgIpc) is 2.82. The molecule has 214 valence electrons. The van der Waals surface area contributed by atoms with Crippen molar-refractivity contribution in [3.63, 3.8) is 0 Å². The molecular formula is C22H45N9O6. The Bertz CT molecular complexity index is 746. The Balaban J connectivity index is 5.57. The summed E-state index contributed by atoms with van der Waals surface area (Å²) in [6.07, 6.45) is 2.10. The summed E-state index contributed by atoms with van der Waals surface area (Å²) in [5.74, 6) is -3.57. The molecule has 15 N–H and O–H groups in total. The Kier molecular flexibility index (Phi) is 17.6. The minimum atomic E-state index is -1.59. The fraction of sp³-hybridized carbons (Fsp3) is 0.773. The number of carbonyl (C=O) groups excluding carboxylic acids is 3. The summed E-state index contributed by atoms with van der Waals surface area (Å²) in [7, 11) is 0. The smallest absolute Gasteiger partial charge is 0.328 e. The molecule has 0 saturated heterocycles. The highest BCUT2D eigenvalue weighted by Crippen LogP contribution is 2.07. The van der Waals surface area contributed by atoms with E-state index in [0.717, 1.165) is 0 Å². The van der Waals surface area contributed by atoms with Crippen molar-refractivity contribution in [3.05, 3.63) is 0 Å². The van der Waals surface area contributed by atoms with E-state index in [2.05, 4.69) is 20.9 Å². The van der Waals surface area contributed by atoms with Gasteiger partial charge in [-0.25, -0.2) is 4.79 Å². The number of unbranched alkanes of at least 4 members (excludes halogenated alkanes) is 2. The topological polar surface area (TPSA) is 287 Å². The van der Waals surface area contributed by atoms with Crippen LogP contribution >= 0.6 is 0 Å². The first kappa shape index (κ1) is 34.0. The van der Waals surface area contributed by atoms with Crippen molar-refractivity contribution in [2.75, 3.05) is 19.6 Å². The SMILES string of the molecule is CC(O)C(NC(=O)C(CCCN=C(N)N)NC(=O)C(CCCCN)NC(=O)C(N)CCCCN)C(=O)O. The monoisotopic (exact) mass is 531 g/mol. The Labute approximate surface area is 217 Å². The van der Waals surface area contributed by atoms with E-state index in [0.29, 0.717) is 45.2 Å². The predicted octanol–water partition coefficient (Wildman–Crippen LogP) is -3.45. The Hall–Kier alpha value is -3.01. The molecule has 37 heavy (non-hydrogen) atoms. The van der Waals surface area contributed by atoms with E-state index in [1.54, 1.807) is 0 Å². The van der Waals surface area contributed by atoms with Gasteiger partial charge in [-0.15, -0.1) is 0 Å². The van der Waals surface area contributed by atoms with E-state index >= 15 is 0 Å². The van der Waals surface area contributed by atoms with Gasteiger partial charge in [0, 0.05) is 6.54 Å². The van der Waals surface area contributed by atoms with Crippen LogP contribution in [0, 0.1) is 0 Å². The minimum Gasteiger partial charge on any atom is -0.480 e. The summed E-state index contributed by atoms with van der Waals surface area (Å²) in [5, 5.41) is 26.4. The fourth-order valence-corrected chi connectivity index (χ4v) is 3.37. The number of amides is 3. The number of hydrogen-bond donors (Lipinski definition) is 10. The van der Waals surface area contributed by atoms with Gasteiger partial charge < -0.3 is 54.8 Å². The molecule has 15 nitrogen and oxygen atoms in total. The van der Waals surface area contributed by atoms with Crippen molar-refractivity contribution in [1.82, 2.24) is 16.0 Å². The normalized spacial score (nSPS) is 14.9. The van der Waals surface area contributed by atoms with Crippen molar-refractivity contribution in [2.45, 2.75) is 88.6 Å². The van der Waals surface area contributed by atoms with Gasteiger partial charge in [-0.2, -0.15) is 0 Å². The second-order valence-electron chi connectivity index (χ2n) is 8.81. The second-order valence-corrected chi connectivity index (χ2v) is 8.81. The highest BCUT2D eigenvalue weighted by atomic mass is 16.4. The highest BCUT2D eigenvalue weighted by Gasteiger charge is 2.31. The van der Waals surface area contributed by atoms with E-state index in [1.807, 2.05) is 0 Å². The molecule has 0 aromatic heterocycles. The van der Waals surface area contributed by atoms with E-state index in [1.165, 1.54) is 6.92 Å². The lowest BCUT2D eigenvalue weighted by atomic mass is 10.0. The standard InChI is InChI=1S/C22H45N9O6/c1-13(32)17(21(36)37)31-20(35)16(9-6-12-28-22(26)27)30-19(34)15(8-3-5-11-24)29-18(33)14(25)7-2-4-10-23/h13-17,32H,2-12,23-25H2,1H3,(H,29,33)(H,30,34)(H,31,35)(H,36,37)(H4,26,27,28). The van der Waals surface area contributed by atoms with Crippen LogP contribution in [0.15, 0.2) is 4.99 Å². The number of nitrogens with one attached hydrogen (secondary N) is 3. The Morgan fingerprint density at radius 1 is 0.784 bits per heavy atom. The van der Waals surface area contributed by atoms with Crippen molar-refractivity contribution < 1.29 is 29.4 Å². The zero-order chi connectivity index (χ0) is 28.4. The average molecular weight is 532 g/mol. The maximum absolute atomic E-state index is 13.1. The van der Waals surface area contributed by atoms with Crippen LogP contribution in [0.2, 0.25) is 0 Å². The Morgan fingerprint density at radius 2 is 1.27 bits per heavy atom. The molecule has 5 unspecified atom stereocenters. The highest BCUT2D eigenvalue weighted by molar-refractivity contribution is 5.94. The molecule has 0 aromatic rings. The molecule has 0 radical (unpaired) electrons. The predicted molar refractivity (Wildman–Crippen MR) is 139 cm³/mol. The zero-order valence-electron chi connectivity index (χ0n) is 21.5. The quantitative estimate of drug-likeness (QED) is 0.0418. The number of hydrogen-bond acceptors (Lipinski definition) is 9. The summed E-state index contributed by atoms with van der Waals surface area (Å²) < 4.78 is 0. The largest absolute Gasteiger partial charge is 0.480 e. The van der Waals surface area contributed by atoms with Crippen molar-refractivity contribution in [1.29, 1.82) is 0 Å². The number of carboxylic acids is 1. The maximum Gasteiger partial charge on any atom is 0.328 e. The third-order valence-electron chi connectivity index (χ3n) is 5.51. The molecule has 0 spiro atoms. The number of carbonyl (C=O) groups is 4. The number of aliphatic carboxylic acids is 1. The second kappa shape index (κ2) is 19.1. The van der Waals surface area contributed by atoms with E-state index < -0.39 is 54.0 Å². The maximum atomic E-state index is 13.1. The number of guanidine groups is 1. The molecule has 0 fully saturated rings. The number of aliphatic hydroxyl groups is 1. The van der Waals surface area contributed by atoms with Crippen LogP contribution in [0.1, 0.15) is 58.3 Å². The summed E-state index contributed by atoms with van der Waals surface area (Å²) in [4.78, 5) is 53.8. The van der Waals surface area contributed by atoms with E-state index in [4.69, 9.17) is 28.7 Å². The molecule has 0 aliphatic heterocycles. The Morgan fingerprint density at radius 3 is 1.76 bits per heavy atom. The summed E-state index contributed by atoms with van der Waals surface area (Å²) in [6, 6.07) is -4.61. The van der Waals surface area contributed by atoms with E-state index in [9.17, 15) is 29.4 Å². The zero-order valence-corrected chi connectivity index (χ0v) is 21.5.